The number of rotatable bonds is 9. The molecule has 3 aliphatic carbocycles. The van der Waals surface area contributed by atoms with Crippen LogP contribution in [0.2, 0.25) is 0 Å². The van der Waals surface area contributed by atoms with Crippen molar-refractivity contribution in [3.05, 3.63) is 35.1 Å². The van der Waals surface area contributed by atoms with Gasteiger partial charge >= 0.3 is 29.8 Å². The highest BCUT2D eigenvalue weighted by molar-refractivity contribution is 5.89. The third kappa shape index (κ3) is 4.46. The van der Waals surface area contributed by atoms with Gasteiger partial charge in [0.15, 0.2) is 23.7 Å². The molecule has 5 rings (SSSR count). The lowest BCUT2D eigenvalue weighted by atomic mass is 9.47. The number of carbonyl (C=O) groups is 5. The maximum Gasteiger partial charge on any atom is 0.352 e. The molecule has 7 atom stereocenters. The molecule has 1 spiro atoms. The van der Waals surface area contributed by atoms with E-state index in [-0.39, 0.29) is 18.1 Å². The number of esters is 4. The Morgan fingerprint density at radius 1 is 1.02 bits per heavy atom. The molecule has 0 amide bonds. The van der Waals surface area contributed by atoms with Gasteiger partial charge in [0.1, 0.15) is 5.76 Å². The summed E-state index contributed by atoms with van der Waals surface area (Å²) in [4.78, 5) is 60.6. The molecule has 1 aromatic rings. The zero-order valence-electron chi connectivity index (χ0n) is 23.5. The molecule has 226 valence electrons. The van der Waals surface area contributed by atoms with Gasteiger partial charge in [-0.1, -0.05) is 12.5 Å². The third-order valence-electron chi connectivity index (χ3n) is 8.65. The van der Waals surface area contributed by atoms with Crippen molar-refractivity contribution >= 4 is 29.8 Å². The average Bonchev–Trinajstić information content (AvgIpc) is 3.26. The van der Waals surface area contributed by atoms with Gasteiger partial charge in [-0.2, -0.15) is 0 Å². The van der Waals surface area contributed by atoms with Crippen molar-refractivity contribution in [3.63, 3.8) is 0 Å². The first-order chi connectivity index (χ1) is 19.8. The summed E-state index contributed by atoms with van der Waals surface area (Å²) in [5, 5.41) is 21.6. The molecular weight excluding hydrogens is 556 g/mol. The Hall–Kier alpha value is -4.13. The topological polar surface area (TPSA) is 181 Å². The lowest BCUT2D eigenvalue weighted by Gasteiger charge is -2.59. The predicted molar refractivity (Wildman–Crippen MR) is 138 cm³/mol. The van der Waals surface area contributed by atoms with E-state index in [9.17, 15) is 34.2 Å². The van der Waals surface area contributed by atoms with E-state index in [0.29, 0.717) is 24.3 Å². The quantitative estimate of drug-likeness (QED) is 0.313. The maximum absolute atomic E-state index is 13.2. The number of aliphatic carboxylic acids is 1. The number of hydrogen-bond acceptors (Lipinski definition) is 12. The van der Waals surface area contributed by atoms with Crippen LogP contribution in [0.5, 0.6) is 11.5 Å². The van der Waals surface area contributed by atoms with Crippen LogP contribution in [0.3, 0.4) is 0 Å². The largest absolute Gasteiger partial charge is 0.493 e. The van der Waals surface area contributed by atoms with E-state index in [4.69, 9.17) is 23.7 Å². The van der Waals surface area contributed by atoms with Crippen LogP contribution in [-0.4, -0.2) is 77.2 Å². The maximum atomic E-state index is 13.2. The van der Waals surface area contributed by atoms with Gasteiger partial charge in [0, 0.05) is 19.4 Å². The molecule has 1 saturated carbocycles. The molecule has 2 bridgehead atoms. The van der Waals surface area contributed by atoms with Crippen molar-refractivity contribution in [3.8, 4) is 11.5 Å². The summed E-state index contributed by atoms with van der Waals surface area (Å²) in [5.41, 5.74) is -0.0961. The van der Waals surface area contributed by atoms with E-state index >= 15 is 0 Å². The Morgan fingerprint density at radius 3 is 2.36 bits per heavy atom. The molecule has 0 aromatic heterocycles. The molecule has 1 fully saturated rings. The number of hydrogen-bond donors (Lipinski definition) is 2. The zero-order chi connectivity index (χ0) is 30.6. The summed E-state index contributed by atoms with van der Waals surface area (Å²) in [5.74, 6) is -5.21. The Labute approximate surface area is 240 Å². The molecule has 1 aliphatic heterocycles. The standard InChI is InChI=1S/C29H32O13/c1-13(38-27(35)23(40-15(3)31)22(25(32)33)39-14(2)30)26(34)41-19-9-11-29(36)17-6-5-10-28(29)20-16(12-17)7-8-18(37-4)21(20)42-24(19)28/h7-9,13,17,22-24,36H,5-6,10-12H2,1-4H3,(H,32,33)/t13-,17+,22+,23+,24-,28-,29+/m0/s1. The Morgan fingerprint density at radius 2 is 1.71 bits per heavy atom. The van der Waals surface area contributed by atoms with Gasteiger partial charge in [-0.15, -0.1) is 0 Å². The SMILES string of the molecule is COc1ccc2c3c1O[C@H]1C(OC(=O)[C@H](C)OC(=O)[C@H](OC(C)=O)[C@@H](OC(C)=O)C(=O)O)=CC[C@@]4(O)[C@H](CCC[C@]314)C2. The van der Waals surface area contributed by atoms with Crippen molar-refractivity contribution in [2.24, 2.45) is 5.92 Å². The molecule has 0 radical (unpaired) electrons. The summed E-state index contributed by atoms with van der Waals surface area (Å²) in [6.45, 7) is 3.02. The molecule has 1 aromatic carbocycles. The van der Waals surface area contributed by atoms with Crippen molar-refractivity contribution in [2.75, 3.05) is 7.11 Å². The molecule has 13 nitrogen and oxygen atoms in total. The fraction of sp³-hybridized carbons (Fsp3) is 0.552. The van der Waals surface area contributed by atoms with Crippen molar-refractivity contribution in [2.45, 2.75) is 88.3 Å². The molecule has 2 N–H and O–H groups in total. The molecule has 0 unspecified atom stereocenters. The number of ether oxygens (including phenoxy) is 6. The minimum Gasteiger partial charge on any atom is -0.493 e. The van der Waals surface area contributed by atoms with Crippen LogP contribution < -0.4 is 9.47 Å². The van der Waals surface area contributed by atoms with Crippen molar-refractivity contribution < 1.29 is 62.6 Å². The molecule has 0 saturated heterocycles. The van der Waals surface area contributed by atoms with E-state index in [0.717, 1.165) is 37.8 Å². The lowest BCUT2D eigenvalue weighted by molar-refractivity contribution is -0.192. The average molecular weight is 589 g/mol. The molecule has 1 heterocycles. The highest BCUT2D eigenvalue weighted by Crippen LogP contribution is 2.67. The van der Waals surface area contributed by atoms with E-state index < -0.39 is 65.3 Å². The number of methoxy groups -OCH3 is 1. The van der Waals surface area contributed by atoms with Crippen LogP contribution in [0.25, 0.3) is 0 Å². The first-order valence-electron chi connectivity index (χ1n) is 13.6. The Bertz CT molecular complexity index is 1380. The number of carboxylic acids is 1. The van der Waals surface area contributed by atoms with Crippen molar-refractivity contribution in [1.82, 2.24) is 0 Å². The number of benzene rings is 1. The minimum atomic E-state index is -2.21. The smallest absolute Gasteiger partial charge is 0.352 e. The van der Waals surface area contributed by atoms with Crippen LogP contribution in [0.4, 0.5) is 0 Å². The van der Waals surface area contributed by atoms with Gasteiger partial charge in [-0.3, -0.25) is 9.59 Å². The Balaban J connectivity index is 1.39. The van der Waals surface area contributed by atoms with Gasteiger partial charge in [-0.05, 0) is 56.2 Å². The molecular formula is C29H32O13. The molecule has 13 heteroatoms. The summed E-state index contributed by atoms with van der Waals surface area (Å²) in [6.07, 6.45) is -2.06. The fourth-order valence-electron chi connectivity index (χ4n) is 7.00. The van der Waals surface area contributed by atoms with Gasteiger partial charge in [0.25, 0.3) is 0 Å². The Kier molecular flexibility index (Phi) is 7.42. The minimum absolute atomic E-state index is 0.0183. The highest BCUT2D eigenvalue weighted by atomic mass is 16.6. The van der Waals surface area contributed by atoms with Gasteiger partial charge in [0.2, 0.25) is 12.2 Å². The fourth-order valence-corrected chi connectivity index (χ4v) is 7.00. The number of carbonyl (C=O) groups excluding carboxylic acids is 4. The van der Waals surface area contributed by atoms with Gasteiger partial charge in [-0.25, -0.2) is 14.4 Å². The monoisotopic (exact) mass is 588 g/mol. The second-order valence-electron chi connectivity index (χ2n) is 11.0. The van der Waals surface area contributed by atoms with E-state index in [1.807, 2.05) is 12.1 Å². The zero-order valence-corrected chi connectivity index (χ0v) is 23.5. The van der Waals surface area contributed by atoms with E-state index in [1.165, 1.54) is 14.0 Å². The van der Waals surface area contributed by atoms with Crippen LogP contribution in [-0.2, 0) is 54.8 Å². The molecule has 4 aliphatic rings. The second-order valence-corrected chi connectivity index (χ2v) is 11.0. The summed E-state index contributed by atoms with van der Waals surface area (Å²) >= 11 is 0. The summed E-state index contributed by atoms with van der Waals surface area (Å²) < 4.78 is 32.2. The van der Waals surface area contributed by atoms with Crippen LogP contribution in [0.1, 0.15) is 57.6 Å². The van der Waals surface area contributed by atoms with Crippen LogP contribution >= 0.6 is 0 Å². The third-order valence-corrected chi connectivity index (χ3v) is 8.65. The van der Waals surface area contributed by atoms with Crippen molar-refractivity contribution in [1.29, 1.82) is 0 Å². The first-order valence-corrected chi connectivity index (χ1v) is 13.6. The molecule has 42 heavy (non-hydrogen) atoms. The number of aliphatic hydroxyl groups is 1. The predicted octanol–water partition coefficient (Wildman–Crippen LogP) is 1.49. The number of carboxylic acid groups (broad SMARTS) is 1. The highest BCUT2D eigenvalue weighted by Gasteiger charge is 2.71. The second kappa shape index (κ2) is 10.6. The summed E-state index contributed by atoms with van der Waals surface area (Å²) in [7, 11) is 1.52. The van der Waals surface area contributed by atoms with Crippen LogP contribution in [0, 0.1) is 5.92 Å². The summed E-state index contributed by atoms with van der Waals surface area (Å²) in [6, 6.07) is 3.80. The lowest BCUT2D eigenvalue weighted by Crippen LogP contribution is -2.67. The normalized spacial score (nSPS) is 28.5. The van der Waals surface area contributed by atoms with Crippen LogP contribution in [0.15, 0.2) is 24.0 Å². The van der Waals surface area contributed by atoms with E-state index in [1.54, 1.807) is 6.08 Å². The van der Waals surface area contributed by atoms with E-state index in [2.05, 4.69) is 4.74 Å². The first kappa shape index (κ1) is 29.4. The van der Waals surface area contributed by atoms with Gasteiger partial charge in [0.05, 0.1) is 18.1 Å². The van der Waals surface area contributed by atoms with Gasteiger partial charge < -0.3 is 38.6 Å².